The lowest BCUT2D eigenvalue weighted by molar-refractivity contribution is -0.137. The Hall–Kier alpha value is -3.47. The molecule has 0 radical (unpaired) electrons. The van der Waals surface area contributed by atoms with Gasteiger partial charge in [0.15, 0.2) is 0 Å². The largest absolute Gasteiger partial charge is 0.481 e. The number of rotatable bonds is 9. The maximum Gasteiger partial charge on any atom is 0.348 e. The molecule has 0 aliphatic heterocycles. The molecule has 6 N–H and O–H groups in total. The quantitative estimate of drug-likeness (QED) is 0.388. The second kappa shape index (κ2) is 9.83. The lowest BCUT2D eigenvalue weighted by atomic mass is 10.1. The Bertz CT molecular complexity index is 1020. The van der Waals surface area contributed by atoms with Gasteiger partial charge in [-0.05, 0) is 44.9 Å². The summed E-state index contributed by atoms with van der Waals surface area (Å²) in [4.78, 5) is 51.6. The van der Waals surface area contributed by atoms with Crippen LogP contribution in [0.5, 0.6) is 0 Å². The average Bonchev–Trinajstić information content (AvgIpc) is 2.63. The summed E-state index contributed by atoms with van der Waals surface area (Å²) in [6, 6.07) is 2.03. The Balaban J connectivity index is 2.33. The molecule has 0 saturated heterocycles. The predicted molar refractivity (Wildman–Crippen MR) is 110 cm³/mol. The molecule has 0 spiro atoms. The summed E-state index contributed by atoms with van der Waals surface area (Å²) in [6.07, 6.45) is -0.420. The third-order valence-corrected chi connectivity index (χ3v) is 4.09. The van der Waals surface area contributed by atoms with Gasteiger partial charge in [0.05, 0.1) is 17.4 Å². The maximum atomic E-state index is 12.6. The van der Waals surface area contributed by atoms with E-state index in [1.807, 2.05) is 13.8 Å². The number of amides is 2. The van der Waals surface area contributed by atoms with Crippen molar-refractivity contribution in [2.45, 2.75) is 45.7 Å². The molecule has 1 aromatic carbocycles. The normalized spacial score (nSPS) is 11.9. The van der Waals surface area contributed by atoms with Crippen molar-refractivity contribution >= 4 is 40.4 Å². The van der Waals surface area contributed by atoms with E-state index in [9.17, 15) is 19.2 Å². The van der Waals surface area contributed by atoms with Crippen LogP contribution >= 0.6 is 0 Å². The molecular formula is C19H25N5O6. The summed E-state index contributed by atoms with van der Waals surface area (Å²) in [7, 11) is 0. The van der Waals surface area contributed by atoms with Gasteiger partial charge in [0.1, 0.15) is 6.04 Å². The Labute approximate surface area is 172 Å². The van der Waals surface area contributed by atoms with Gasteiger partial charge in [-0.2, -0.15) is 4.98 Å². The fourth-order valence-corrected chi connectivity index (χ4v) is 2.79. The molecule has 2 amide bonds. The molecule has 1 aromatic heterocycles. The number of hydrogen-bond acceptors (Lipinski definition) is 8. The second-order valence-corrected chi connectivity index (χ2v) is 7.04. The molecule has 162 valence electrons. The van der Waals surface area contributed by atoms with Crippen molar-refractivity contribution in [3.63, 3.8) is 0 Å². The van der Waals surface area contributed by atoms with Crippen molar-refractivity contribution < 1.29 is 23.9 Å². The zero-order chi connectivity index (χ0) is 22.4. The van der Waals surface area contributed by atoms with Crippen LogP contribution in [0.2, 0.25) is 0 Å². The van der Waals surface area contributed by atoms with Crippen LogP contribution in [-0.4, -0.2) is 46.5 Å². The minimum atomic E-state index is -1.10. The van der Waals surface area contributed by atoms with E-state index in [-0.39, 0.29) is 36.8 Å². The number of benzene rings is 1. The lowest BCUT2D eigenvalue weighted by Crippen LogP contribution is -2.46. The number of hydrogen-bond donors (Lipinski definition) is 5. The molecule has 1 atom stereocenters. The van der Waals surface area contributed by atoms with Gasteiger partial charge in [0, 0.05) is 18.2 Å². The minimum Gasteiger partial charge on any atom is -0.481 e. The molecular weight excluding hydrogens is 394 g/mol. The van der Waals surface area contributed by atoms with Gasteiger partial charge in [-0.25, -0.2) is 4.79 Å². The first-order valence-electron chi connectivity index (χ1n) is 9.34. The van der Waals surface area contributed by atoms with Gasteiger partial charge >= 0.3 is 11.6 Å². The van der Waals surface area contributed by atoms with Crippen LogP contribution < -0.4 is 27.3 Å². The number of aliphatic carboxylic acids is 1. The van der Waals surface area contributed by atoms with Crippen LogP contribution in [0.1, 0.15) is 32.3 Å². The van der Waals surface area contributed by atoms with Crippen molar-refractivity contribution in [3.8, 4) is 0 Å². The van der Waals surface area contributed by atoms with E-state index in [0.29, 0.717) is 16.8 Å². The zero-order valence-electron chi connectivity index (χ0n) is 16.9. The van der Waals surface area contributed by atoms with Crippen molar-refractivity contribution in [2.24, 2.45) is 5.73 Å². The van der Waals surface area contributed by atoms with Crippen LogP contribution in [0.15, 0.2) is 21.3 Å². The first-order valence-corrected chi connectivity index (χ1v) is 9.34. The summed E-state index contributed by atoms with van der Waals surface area (Å²) >= 11 is 0. The number of nitrogens with two attached hydrogens (primary N) is 1. The van der Waals surface area contributed by atoms with Crippen molar-refractivity contribution in [2.75, 3.05) is 17.2 Å². The summed E-state index contributed by atoms with van der Waals surface area (Å²) in [5.74, 6) is -2.29. The molecule has 0 saturated carbocycles. The monoisotopic (exact) mass is 419 g/mol. The van der Waals surface area contributed by atoms with Crippen LogP contribution in [0.3, 0.4) is 0 Å². The van der Waals surface area contributed by atoms with Gasteiger partial charge in [-0.15, -0.1) is 0 Å². The number of carboxylic acids is 1. The van der Waals surface area contributed by atoms with E-state index in [1.54, 1.807) is 13.0 Å². The standard InChI is InChI=1S/C19H25N5O6/c1-9(2)21-19-24-13-7-11(6-10(3)16(13)18(29)30-19)22-17(28)12(4-5-15(26)27)23-14(25)8-20/h6-7,9,12H,4-5,8,20H2,1-3H3,(H,21,24)(H,22,28)(H,23,25)(H,26,27)/t12-/m0/s1. The van der Waals surface area contributed by atoms with E-state index in [1.165, 1.54) is 6.07 Å². The smallest absolute Gasteiger partial charge is 0.348 e. The number of fused-ring (bicyclic) bond motifs is 1. The number of aromatic nitrogens is 1. The van der Waals surface area contributed by atoms with E-state index < -0.39 is 29.5 Å². The van der Waals surface area contributed by atoms with Crippen molar-refractivity contribution in [3.05, 3.63) is 28.1 Å². The molecule has 0 aliphatic carbocycles. The van der Waals surface area contributed by atoms with Gasteiger partial charge in [-0.1, -0.05) is 0 Å². The summed E-state index contributed by atoms with van der Waals surface area (Å²) in [5.41, 5.74) is 5.89. The van der Waals surface area contributed by atoms with E-state index in [4.69, 9.17) is 15.3 Å². The molecule has 2 rings (SSSR count). The molecule has 0 unspecified atom stereocenters. The van der Waals surface area contributed by atoms with E-state index >= 15 is 0 Å². The fraction of sp³-hybridized carbons (Fsp3) is 0.421. The molecule has 2 aromatic rings. The molecule has 11 heteroatoms. The van der Waals surface area contributed by atoms with Crippen molar-refractivity contribution in [1.29, 1.82) is 0 Å². The average molecular weight is 419 g/mol. The lowest BCUT2D eigenvalue weighted by Gasteiger charge is -2.18. The SMILES string of the molecule is Cc1cc(NC(=O)[C@H](CCC(=O)O)NC(=O)CN)cc2nc(NC(C)C)oc(=O)c12. The van der Waals surface area contributed by atoms with Crippen LogP contribution in [0, 0.1) is 6.92 Å². The second-order valence-electron chi connectivity index (χ2n) is 7.04. The first-order chi connectivity index (χ1) is 14.1. The number of carbonyl (C=O) groups is 3. The van der Waals surface area contributed by atoms with Crippen LogP contribution in [-0.2, 0) is 14.4 Å². The fourth-order valence-electron chi connectivity index (χ4n) is 2.79. The van der Waals surface area contributed by atoms with Crippen molar-refractivity contribution in [1.82, 2.24) is 10.3 Å². The Morgan fingerprint density at radius 2 is 1.97 bits per heavy atom. The number of carboxylic acid groups (broad SMARTS) is 1. The molecule has 1 heterocycles. The van der Waals surface area contributed by atoms with Crippen LogP contribution in [0.4, 0.5) is 11.7 Å². The Morgan fingerprint density at radius 1 is 1.27 bits per heavy atom. The minimum absolute atomic E-state index is 0.0109. The van der Waals surface area contributed by atoms with Gasteiger partial charge in [0.2, 0.25) is 11.8 Å². The Morgan fingerprint density at radius 3 is 2.57 bits per heavy atom. The van der Waals surface area contributed by atoms with E-state index in [2.05, 4.69) is 20.9 Å². The Kier molecular flexibility index (Phi) is 7.48. The summed E-state index contributed by atoms with van der Waals surface area (Å²) < 4.78 is 5.17. The highest BCUT2D eigenvalue weighted by molar-refractivity contribution is 5.99. The predicted octanol–water partition coefficient (Wildman–Crippen LogP) is 0.564. The molecule has 11 nitrogen and oxygen atoms in total. The van der Waals surface area contributed by atoms with Gasteiger partial charge in [0.25, 0.3) is 6.01 Å². The topological polar surface area (TPSA) is 177 Å². The highest BCUT2D eigenvalue weighted by Gasteiger charge is 2.22. The molecule has 30 heavy (non-hydrogen) atoms. The highest BCUT2D eigenvalue weighted by Crippen LogP contribution is 2.21. The van der Waals surface area contributed by atoms with Gasteiger partial charge < -0.3 is 31.2 Å². The number of nitrogens with one attached hydrogen (secondary N) is 3. The maximum absolute atomic E-state index is 12.6. The highest BCUT2D eigenvalue weighted by atomic mass is 16.4. The molecule has 0 aliphatic rings. The van der Waals surface area contributed by atoms with Crippen LogP contribution in [0.25, 0.3) is 10.9 Å². The first kappa shape index (κ1) is 22.8. The van der Waals surface area contributed by atoms with Gasteiger partial charge in [-0.3, -0.25) is 14.4 Å². The molecule has 0 bridgehead atoms. The third kappa shape index (κ3) is 6.01. The number of aryl methyl sites for hydroxylation is 1. The summed E-state index contributed by atoms with van der Waals surface area (Å²) in [5, 5.41) is 17.1. The number of nitrogens with zero attached hydrogens (tertiary/aromatic N) is 1. The number of carbonyl (C=O) groups excluding carboxylic acids is 2. The third-order valence-electron chi connectivity index (χ3n) is 4.09. The zero-order valence-corrected chi connectivity index (χ0v) is 16.9. The van der Waals surface area contributed by atoms with E-state index in [0.717, 1.165) is 0 Å². The summed E-state index contributed by atoms with van der Waals surface area (Å²) in [6.45, 7) is 5.06. The number of anilines is 2. The molecule has 0 fully saturated rings.